The number of methoxy groups -OCH3 is 1. The van der Waals surface area contributed by atoms with E-state index in [1.165, 1.54) is 19.9 Å². The second kappa shape index (κ2) is 6.56. The number of nitrogens with one attached hydrogen (secondary N) is 2. The van der Waals surface area contributed by atoms with Gasteiger partial charge in [0.2, 0.25) is 10.0 Å². The van der Waals surface area contributed by atoms with Gasteiger partial charge < -0.3 is 10.1 Å². The molecule has 1 aliphatic rings. The van der Waals surface area contributed by atoms with Crippen LogP contribution in [-0.4, -0.2) is 34.7 Å². The van der Waals surface area contributed by atoms with Crippen LogP contribution in [0.3, 0.4) is 0 Å². The number of anilines is 1. The number of sulfonamides is 1. The van der Waals surface area contributed by atoms with E-state index in [2.05, 4.69) is 10.0 Å². The molecule has 1 fully saturated rings. The lowest BCUT2D eigenvalue weighted by molar-refractivity contribution is 0.0606. The fourth-order valence-corrected chi connectivity index (χ4v) is 3.34. The van der Waals surface area contributed by atoms with Crippen molar-refractivity contribution >= 4 is 15.7 Å². The van der Waals surface area contributed by atoms with E-state index in [-0.39, 0.29) is 11.0 Å². The van der Waals surface area contributed by atoms with Crippen LogP contribution in [0.5, 0.6) is 0 Å². The third kappa shape index (κ3) is 3.50. The van der Waals surface area contributed by atoms with Crippen LogP contribution in [0.15, 0.2) is 29.2 Å². The first kappa shape index (κ1) is 15.3. The average molecular weight is 298 g/mol. The topological polar surface area (TPSA) is 67.4 Å². The summed E-state index contributed by atoms with van der Waals surface area (Å²) in [5, 5.41) is 3.44. The zero-order valence-electron chi connectivity index (χ0n) is 11.9. The Morgan fingerprint density at radius 3 is 2.40 bits per heavy atom. The summed E-state index contributed by atoms with van der Waals surface area (Å²) in [4.78, 5) is 0.275. The van der Waals surface area contributed by atoms with Crippen molar-refractivity contribution in [2.24, 2.45) is 0 Å². The second-order valence-electron chi connectivity index (χ2n) is 5.04. The van der Waals surface area contributed by atoms with Gasteiger partial charge in [0.25, 0.3) is 0 Å². The maximum absolute atomic E-state index is 11.6. The molecule has 0 radical (unpaired) electrons. The Hall–Kier alpha value is -1.11. The van der Waals surface area contributed by atoms with Crippen molar-refractivity contribution in [3.63, 3.8) is 0 Å². The van der Waals surface area contributed by atoms with Crippen LogP contribution < -0.4 is 10.0 Å². The van der Waals surface area contributed by atoms with Crippen molar-refractivity contribution in [3.8, 4) is 0 Å². The predicted octanol–water partition coefficient (Wildman–Crippen LogP) is 1.96. The lowest BCUT2D eigenvalue weighted by Crippen LogP contribution is -2.37. The van der Waals surface area contributed by atoms with E-state index in [0.29, 0.717) is 6.04 Å². The average Bonchev–Trinajstić information content (AvgIpc) is 2.48. The molecule has 2 N–H and O–H groups in total. The zero-order valence-corrected chi connectivity index (χ0v) is 12.7. The summed E-state index contributed by atoms with van der Waals surface area (Å²) >= 11 is 0. The number of hydrogen-bond donors (Lipinski definition) is 2. The van der Waals surface area contributed by atoms with Gasteiger partial charge in [0.15, 0.2) is 0 Å². The summed E-state index contributed by atoms with van der Waals surface area (Å²) < 4.78 is 31.1. The first-order valence-corrected chi connectivity index (χ1v) is 8.38. The van der Waals surface area contributed by atoms with Crippen molar-refractivity contribution in [2.45, 2.75) is 42.7 Å². The fourth-order valence-electron chi connectivity index (χ4n) is 2.61. The second-order valence-corrected chi connectivity index (χ2v) is 6.93. The van der Waals surface area contributed by atoms with Crippen LogP contribution in [0, 0.1) is 0 Å². The molecule has 5 nitrogen and oxygen atoms in total. The SMILES string of the molecule is CNS(=O)(=O)c1ccc(NC2CCCCC2OC)cc1. The number of ether oxygens (including phenoxy) is 1. The highest BCUT2D eigenvalue weighted by Gasteiger charge is 2.24. The van der Waals surface area contributed by atoms with Gasteiger partial charge in [-0.15, -0.1) is 0 Å². The number of rotatable bonds is 5. The fraction of sp³-hybridized carbons (Fsp3) is 0.571. The molecule has 1 aliphatic carbocycles. The minimum Gasteiger partial charge on any atom is -0.380 e. The van der Waals surface area contributed by atoms with Crippen molar-refractivity contribution < 1.29 is 13.2 Å². The first-order chi connectivity index (χ1) is 9.56. The molecule has 0 aliphatic heterocycles. The molecule has 0 spiro atoms. The molecular formula is C14H22N2O3S. The van der Waals surface area contributed by atoms with E-state index in [4.69, 9.17) is 4.74 Å². The summed E-state index contributed by atoms with van der Waals surface area (Å²) in [5.41, 5.74) is 0.925. The Kier molecular flexibility index (Phi) is 5.01. The summed E-state index contributed by atoms with van der Waals surface area (Å²) in [6, 6.07) is 7.11. The molecule has 1 aromatic carbocycles. The third-order valence-electron chi connectivity index (χ3n) is 3.79. The van der Waals surface area contributed by atoms with Gasteiger partial charge in [-0.2, -0.15) is 0 Å². The number of hydrogen-bond acceptors (Lipinski definition) is 4. The van der Waals surface area contributed by atoms with E-state index < -0.39 is 10.0 Å². The Balaban J connectivity index is 2.07. The minimum absolute atomic E-state index is 0.226. The maximum atomic E-state index is 11.6. The van der Waals surface area contributed by atoms with Crippen LogP contribution >= 0.6 is 0 Å². The smallest absolute Gasteiger partial charge is 0.240 e. The normalized spacial score (nSPS) is 23.5. The van der Waals surface area contributed by atoms with Gasteiger partial charge in [-0.3, -0.25) is 0 Å². The largest absolute Gasteiger partial charge is 0.380 e. The van der Waals surface area contributed by atoms with Gasteiger partial charge in [0, 0.05) is 12.8 Å². The molecule has 2 atom stereocenters. The zero-order chi connectivity index (χ0) is 14.6. The van der Waals surface area contributed by atoms with Crippen LogP contribution in [0.2, 0.25) is 0 Å². The van der Waals surface area contributed by atoms with Crippen LogP contribution in [0.4, 0.5) is 5.69 Å². The summed E-state index contributed by atoms with van der Waals surface area (Å²) in [6.45, 7) is 0. The van der Waals surface area contributed by atoms with Gasteiger partial charge in [0.05, 0.1) is 17.0 Å². The van der Waals surface area contributed by atoms with Crippen LogP contribution in [-0.2, 0) is 14.8 Å². The van der Waals surface area contributed by atoms with Gasteiger partial charge in [-0.1, -0.05) is 12.8 Å². The summed E-state index contributed by atoms with van der Waals surface area (Å²) in [6.07, 6.45) is 4.78. The van der Waals surface area contributed by atoms with E-state index in [9.17, 15) is 8.42 Å². The maximum Gasteiger partial charge on any atom is 0.240 e. The van der Waals surface area contributed by atoms with E-state index in [1.807, 2.05) is 0 Å². The molecule has 2 rings (SSSR count). The van der Waals surface area contributed by atoms with Gasteiger partial charge >= 0.3 is 0 Å². The standard InChI is InChI=1S/C14H22N2O3S/c1-15-20(17,18)12-9-7-11(8-10-12)16-13-5-3-4-6-14(13)19-2/h7-10,13-16H,3-6H2,1-2H3. The molecule has 0 heterocycles. The highest BCUT2D eigenvalue weighted by molar-refractivity contribution is 7.89. The summed E-state index contributed by atoms with van der Waals surface area (Å²) in [7, 11) is -0.213. The molecule has 0 saturated heterocycles. The van der Waals surface area contributed by atoms with Crippen molar-refractivity contribution in [1.29, 1.82) is 0 Å². The third-order valence-corrected chi connectivity index (χ3v) is 5.22. The van der Waals surface area contributed by atoms with Gasteiger partial charge in [-0.05, 0) is 44.2 Å². The molecule has 112 valence electrons. The molecule has 0 bridgehead atoms. The lowest BCUT2D eigenvalue weighted by atomic mass is 9.92. The minimum atomic E-state index is -3.37. The molecule has 0 aromatic heterocycles. The van der Waals surface area contributed by atoms with Crippen molar-refractivity contribution in [1.82, 2.24) is 4.72 Å². The Morgan fingerprint density at radius 1 is 1.15 bits per heavy atom. The van der Waals surface area contributed by atoms with Crippen LogP contribution in [0.1, 0.15) is 25.7 Å². The van der Waals surface area contributed by atoms with E-state index >= 15 is 0 Å². The monoisotopic (exact) mass is 298 g/mol. The highest BCUT2D eigenvalue weighted by Crippen LogP contribution is 2.24. The predicted molar refractivity (Wildman–Crippen MR) is 79.4 cm³/mol. The Labute approximate surface area is 120 Å². The Bertz CT molecular complexity index is 528. The van der Waals surface area contributed by atoms with E-state index in [0.717, 1.165) is 18.5 Å². The van der Waals surface area contributed by atoms with E-state index in [1.54, 1.807) is 31.4 Å². The molecule has 1 aromatic rings. The molecule has 0 amide bonds. The van der Waals surface area contributed by atoms with Crippen LogP contribution in [0.25, 0.3) is 0 Å². The van der Waals surface area contributed by atoms with Gasteiger partial charge in [0.1, 0.15) is 0 Å². The lowest BCUT2D eigenvalue weighted by Gasteiger charge is -2.31. The molecular weight excluding hydrogens is 276 g/mol. The van der Waals surface area contributed by atoms with Crippen molar-refractivity contribution in [3.05, 3.63) is 24.3 Å². The quantitative estimate of drug-likeness (QED) is 0.872. The van der Waals surface area contributed by atoms with Crippen molar-refractivity contribution in [2.75, 3.05) is 19.5 Å². The highest BCUT2D eigenvalue weighted by atomic mass is 32.2. The molecule has 1 saturated carbocycles. The summed E-state index contributed by atoms with van der Waals surface area (Å²) in [5.74, 6) is 0. The number of benzene rings is 1. The molecule has 20 heavy (non-hydrogen) atoms. The Morgan fingerprint density at radius 2 is 1.80 bits per heavy atom. The molecule has 2 unspecified atom stereocenters. The first-order valence-electron chi connectivity index (χ1n) is 6.90. The molecule has 6 heteroatoms. The van der Waals surface area contributed by atoms with Gasteiger partial charge in [-0.25, -0.2) is 13.1 Å².